The van der Waals surface area contributed by atoms with Crippen LogP contribution in [0, 0.1) is 0 Å². The van der Waals surface area contributed by atoms with Gasteiger partial charge in [-0.2, -0.15) is 0 Å². The molecule has 1 atom stereocenters. The number of benzene rings is 2. The third kappa shape index (κ3) is 3.43. The van der Waals surface area contributed by atoms with E-state index >= 15 is 0 Å². The molecule has 0 aliphatic carbocycles. The maximum Gasteiger partial charge on any atom is 0.104 e. The van der Waals surface area contributed by atoms with E-state index in [-0.39, 0.29) is 12.1 Å². The van der Waals surface area contributed by atoms with Crippen LogP contribution in [0.4, 0.5) is 0 Å². The van der Waals surface area contributed by atoms with Crippen LogP contribution in [0.15, 0.2) is 42.5 Å². The molecule has 0 saturated carbocycles. The summed E-state index contributed by atoms with van der Waals surface area (Å²) in [6.07, 6.45) is 1.39. The first-order chi connectivity index (χ1) is 10.4. The Morgan fingerprint density at radius 3 is 2.76 bits per heavy atom. The van der Waals surface area contributed by atoms with Crippen LogP contribution >= 0.6 is 0 Å². The monoisotopic (exact) mass is 285 g/mol. The van der Waals surface area contributed by atoms with Crippen LogP contribution in [0.3, 0.4) is 0 Å². The fourth-order valence-corrected chi connectivity index (χ4v) is 2.67. The molecule has 1 unspecified atom stereocenters. The molecule has 0 radical (unpaired) electrons. The average Bonchev–Trinajstić information content (AvgIpc) is 2.48. The van der Waals surface area contributed by atoms with Gasteiger partial charge in [0.1, 0.15) is 6.10 Å². The summed E-state index contributed by atoms with van der Waals surface area (Å²) >= 11 is 0. The van der Waals surface area contributed by atoms with E-state index in [9.17, 15) is 0 Å². The highest BCUT2D eigenvalue weighted by atomic mass is 16.6. The highest BCUT2D eigenvalue weighted by Crippen LogP contribution is 2.25. The minimum Gasteiger partial charge on any atom is -0.376 e. The molecule has 0 amide bonds. The van der Waals surface area contributed by atoms with Crippen LogP contribution in [-0.2, 0) is 9.47 Å². The molecule has 1 N–H and O–H groups in total. The highest BCUT2D eigenvalue weighted by Gasteiger charge is 2.22. The van der Waals surface area contributed by atoms with Crippen LogP contribution in [0.25, 0.3) is 10.8 Å². The molecule has 21 heavy (non-hydrogen) atoms. The van der Waals surface area contributed by atoms with Crippen molar-refractivity contribution in [3.8, 4) is 0 Å². The Morgan fingerprint density at radius 2 is 2.00 bits per heavy atom. The van der Waals surface area contributed by atoms with Crippen molar-refractivity contribution in [2.24, 2.45) is 0 Å². The first-order valence-electron chi connectivity index (χ1n) is 7.79. The zero-order valence-corrected chi connectivity index (χ0v) is 12.5. The lowest BCUT2D eigenvalue weighted by atomic mass is 9.99. The molecule has 0 aromatic heterocycles. The highest BCUT2D eigenvalue weighted by molar-refractivity contribution is 5.86. The number of ether oxygens (including phenoxy) is 2. The molecule has 0 bridgehead atoms. The van der Waals surface area contributed by atoms with Gasteiger partial charge in [-0.15, -0.1) is 0 Å². The third-order valence-electron chi connectivity index (χ3n) is 3.95. The number of nitrogens with one attached hydrogen (secondary N) is 1. The Labute approximate surface area is 126 Å². The van der Waals surface area contributed by atoms with E-state index in [4.69, 9.17) is 9.47 Å². The normalized spacial score (nSPS) is 16.8. The van der Waals surface area contributed by atoms with Gasteiger partial charge in [0.15, 0.2) is 0 Å². The van der Waals surface area contributed by atoms with E-state index in [0.717, 1.165) is 26.2 Å². The molecular weight excluding hydrogens is 262 g/mol. The molecular formula is C18H23NO2. The first-order valence-corrected chi connectivity index (χ1v) is 7.79. The van der Waals surface area contributed by atoms with E-state index in [0.29, 0.717) is 6.61 Å². The largest absolute Gasteiger partial charge is 0.376 e. The van der Waals surface area contributed by atoms with Crippen molar-refractivity contribution in [3.63, 3.8) is 0 Å². The van der Waals surface area contributed by atoms with E-state index in [2.05, 4.69) is 54.7 Å². The van der Waals surface area contributed by atoms with Gasteiger partial charge < -0.3 is 14.8 Å². The van der Waals surface area contributed by atoms with Gasteiger partial charge in [-0.05, 0) is 29.3 Å². The summed E-state index contributed by atoms with van der Waals surface area (Å²) in [6, 6.07) is 15.3. The summed E-state index contributed by atoms with van der Waals surface area (Å²) in [5.74, 6) is 0. The van der Waals surface area contributed by atoms with Crippen LogP contribution < -0.4 is 5.32 Å². The van der Waals surface area contributed by atoms with Gasteiger partial charge in [0.2, 0.25) is 0 Å². The van der Waals surface area contributed by atoms with Crippen molar-refractivity contribution in [2.45, 2.75) is 25.5 Å². The number of rotatable bonds is 7. The molecule has 1 fully saturated rings. The van der Waals surface area contributed by atoms with E-state index < -0.39 is 0 Å². The van der Waals surface area contributed by atoms with Crippen molar-refractivity contribution in [1.29, 1.82) is 0 Å². The predicted molar refractivity (Wildman–Crippen MR) is 85.5 cm³/mol. The maximum atomic E-state index is 5.95. The zero-order chi connectivity index (χ0) is 14.5. The number of hydrogen-bond donors (Lipinski definition) is 1. The Kier molecular flexibility index (Phi) is 4.86. The van der Waals surface area contributed by atoms with E-state index in [1.165, 1.54) is 16.3 Å². The molecule has 3 rings (SSSR count). The maximum absolute atomic E-state index is 5.95. The molecule has 112 valence electrons. The second-order valence-corrected chi connectivity index (χ2v) is 5.57. The topological polar surface area (TPSA) is 30.5 Å². The van der Waals surface area contributed by atoms with Gasteiger partial charge in [-0.1, -0.05) is 49.4 Å². The fraction of sp³-hybridized carbons (Fsp3) is 0.444. The van der Waals surface area contributed by atoms with Gasteiger partial charge in [0.25, 0.3) is 0 Å². The van der Waals surface area contributed by atoms with Gasteiger partial charge >= 0.3 is 0 Å². The van der Waals surface area contributed by atoms with Gasteiger partial charge in [0.05, 0.1) is 25.9 Å². The summed E-state index contributed by atoms with van der Waals surface area (Å²) < 4.78 is 11.1. The third-order valence-corrected chi connectivity index (χ3v) is 3.95. The summed E-state index contributed by atoms with van der Waals surface area (Å²) in [4.78, 5) is 0. The van der Waals surface area contributed by atoms with Gasteiger partial charge in [0, 0.05) is 0 Å². The summed E-state index contributed by atoms with van der Waals surface area (Å²) in [6.45, 7) is 5.35. The van der Waals surface area contributed by atoms with E-state index in [1.54, 1.807) is 0 Å². The van der Waals surface area contributed by atoms with Crippen LogP contribution in [0.5, 0.6) is 0 Å². The Morgan fingerprint density at radius 1 is 1.19 bits per heavy atom. The standard InChI is InChI=1S/C18H23NO2/c1-2-10-19-18(13-21-15-11-20-12-15)17-9-5-7-14-6-3-4-8-16(14)17/h3-9,15,18-19H,2,10-13H2,1H3. The lowest BCUT2D eigenvalue weighted by Gasteiger charge is -2.29. The SMILES string of the molecule is CCCNC(COC1COC1)c1cccc2ccccc12. The minimum atomic E-state index is 0.233. The van der Waals surface area contributed by atoms with Crippen molar-refractivity contribution >= 4 is 10.8 Å². The second-order valence-electron chi connectivity index (χ2n) is 5.57. The average molecular weight is 285 g/mol. The Bertz CT molecular complexity index is 575. The molecule has 3 heteroatoms. The molecule has 1 saturated heterocycles. The summed E-state index contributed by atoms with van der Waals surface area (Å²) in [5, 5.41) is 6.21. The number of fused-ring (bicyclic) bond motifs is 1. The number of hydrogen-bond acceptors (Lipinski definition) is 3. The molecule has 2 aromatic carbocycles. The quantitative estimate of drug-likeness (QED) is 0.846. The first kappa shape index (κ1) is 14.5. The van der Waals surface area contributed by atoms with Crippen LogP contribution in [-0.4, -0.2) is 32.5 Å². The summed E-state index contributed by atoms with van der Waals surface area (Å²) in [5.41, 5.74) is 1.32. The van der Waals surface area contributed by atoms with Crippen molar-refractivity contribution in [1.82, 2.24) is 5.32 Å². The Balaban J connectivity index is 1.81. The second kappa shape index (κ2) is 7.03. The van der Waals surface area contributed by atoms with Crippen LogP contribution in [0.1, 0.15) is 24.9 Å². The van der Waals surface area contributed by atoms with Gasteiger partial charge in [-0.25, -0.2) is 0 Å². The minimum absolute atomic E-state index is 0.233. The van der Waals surface area contributed by atoms with E-state index in [1.807, 2.05) is 0 Å². The molecule has 3 nitrogen and oxygen atoms in total. The molecule has 1 aliphatic rings. The fourth-order valence-electron chi connectivity index (χ4n) is 2.67. The van der Waals surface area contributed by atoms with Crippen LogP contribution in [0.2, 0.25) is 0 Å². The molecule has 1 aliphatic heterocycles. The lowest BCUT2D eigenvalue weighted by Crippen LogP contribution is -2.38. The zero-order valence-electron chi connectivity index (χ0n) is 12.5. The van der Waals surface area contributed by atoms with Crippen molar-refractivity contribution < 1.29 is 9.47 Å². The predicted octanol–water partition coefficient (Wildman–Crippen LogP) is 3.30. The molecule has 0 spiro atoms. The van der Waals surface area contributed by atoms with Crippen molar-refractivity contribution in [2.75, 3.05) is 26.4 Å². The Hall–Kier alpha value is -1.42. The van der Waals surface area contributed by atoms with Gasteiger partial charge in [-0.3, -0.25) is 0 Å². The summed E-state index contributed by atoms with van der Waals surface area (Å²) in [7, 11) is 0. The molecule has 2 aromatic rings. The smallest absolute Gasteiger partial charge is 0.104 e. The molecule has 1 heterocycles. The van der Waals surface area contributed by atoms with Crippen molar-refractivity contribution in [3.05, 3.63) is 48.0 Å². The lowest BCUT2D eigenvalue weighted by molar-refractivity contribution is -0.133.